The van der Waals surface area contributed by atoms with Crippen molar-refractivity contribution >= 4 is 28.8 Å². The molecular formula is C18H16ClN3O. The highest BCUT2D eigenvalue weighted by Crippen LogP contribution is 2.26. The third kappa shape index (κ3) is 3.27. The van der Waals surface area contributed by atoms with Crippen molar-refractivity contribution in [3.8, 4) is 0 Å². The molecule has 116 valence electrons. The van der Waals surface area contributed by atoms with Gasteiger partial charge in [-0.1, -0.05) is 29.8 Å². The second-order valence-electron chi connectivity index (χ2n) is 5.35. The predicted molar refractivity (Wildman–Crippen MR) is 92.7 cm³/mol. The highest BCUT2D eigenvalue weighted by Gasteiger charge is 2.16. The summed E-state index contributed by atoms with van der Waals surface area (Å²) in [6.45, 7) is 3.85. The number of imidazole rings is 1. The van der Waals surface area contributed by atoms with Gasteiger partial charge in [0.1, 0.15) is 0 Å². The Morgan fingerprint density at radius 1 is 1.17 bits per heavy atom. The van der Waals surface area contributed by atoms with E-state index in [1.165, 1.54) is 0 Å². The van der Waals surface area contributed by atoms with Crippen LogP contribution >= 0.6 is 11.6 Å². The van der Waals surface area contributed by atoms with Gasteiger partial charge < -0.3 is 10.3 Å². The largest absolute Gasteiger partial charge is 0.355 e. The Morgan fingerprint density at radius 2 is 1.96 bits per heavy atom. The Balaban J connectivity index is 1.86. The van der Waals surface area contributed by atoms with E-state index in [-0.39, 0.29) is 5.78 Å². The Hall–Kier alpha value is -2.59. The standard InChI is InChI=1S/C18H16ClN3O/c1-11-5-3-4-6-16(11)22-13-7-8-14(15(19)9-13)17(23)18-20-10-12(2)21-18/h3-10,22H,1-2H3,(H,20,21). The van der Waals surface area contributed by atoms with Gasteiger partial charge in [-0.15, -0.1) is 0 Å². The summed E-state index contributed by atoms with van der Waals surface area (Å²) < 4.78 is 0. The number of carbonyl (C=O) groups excluding carboxylic acids is 1. The minimum Gasteiger partial charge on any atom is -0.355 e. The molecule has 2 aromatic carbocycles. The fourth-order valence-electron chi connectivity index (χ4n) is 2.30. The van der Waals surface area contributed by atoms with Crippen molar-refractivity contribution in [2.75, 3.05) is 5.32 Å². The van der Waals surface area contributed by atoms with Crippen LogP contribution in [0.1, 0.15) is 27.4 Å². The van der Waals surface area contributed by atoms with E-state index >= 15 is 0 Å². The summed E-state index contributed by atoms with van der Waals surface area (Å²) in [5.41, 5.74) is 4.16. The molecule has 0 spiro atoms. The van der Waals surface area contributed by atoms with Crippen LogP contribution in [0.15, 0.2) is 48.7 Å². The van der Waals surface area contributed by atoms with Gasteiger partial charge in [-0.2, -0.15) is 0 Å². The number of nitrogens with zero attached hydrogens (tertiary/aromatic N) is 1. The van der Waals surface area contributed by atoms with E-state index in [4.69, 9.17) is 11.6 Å². The van der Waals surface area contributed by atoms with E-state index in [1.807, 2.05) is 44.2 Å². The molecule has 0 radical (unpaired) electrons. The molecule has 0 unspecified atom stereocenters. The summed E-state index contributed by atoms with van der Waals surface area (Å²) in [4.78, 5) is 19.4. The van der Waals surface area contributed by atoms with Gasteiger partial charge in [0, 0.05) is 23.1 Å². The SMILES string of the molecule is Cc1c[nH]c(C(=O)c2ccc(Nc3ccccc3C)cc2Cl)n1. The van der Waals surface area contributed by atoms with Crippen LogP contribution < -0.4 is 5.32 Å². The van der Waals surface area contributed by atoms with Crippen LogP contribution in [0.2, 0.25) is 5.02 Å². The summed E-state index contributed by atoms with van der Waals surface area (Å²) >= 11 is 6.28. The van der Waals surface area contributed by atoms with Crippen molar-refractivity contribution in [1.29, 1.82) is 0 Å². The Bertz CT molecular complexity index is 870. The number of aromatic amines is 1. The number of hydrogen-bond donors (Lipinski definition) is 2. The molecule has 1 aromatic heterocycles. The number of hydrogen-bond acceptors (Lipinski definition) is 3. The molecule has 0 aliphatic carbocycles. The summed E-state index contributed by atoms with van der Waals surface area (Å²) in [7, 11) is 0. The monoisotopic (exact) mass is 325 g/mol. The second kappa shape index (κ2) is 6.26. The first-order valence-corrected chi connectivity index (χ1v) is 7.61. The maximum atomic E-state index is 12.4. The first-order valence-electron chi connectivity index (χ1n) is 7.23. The van der Waals surface area contributed by atoms with E-state index in [0.29, 0.717) is 16.4 Å². The van der Waals surface area contributed by atoms with E-state index in [0.717, 1.165) is 22.6 Å². The maximum Gasteiger partial charge on any atom is 0.229 e. The number of rotatable bonds is 4. The van der Waals surface area contributed by atoms with Crippen LogP contribution in [0, 0.1) is 13.8 Å². The first kappa shape index (κ1) is 15.3. The number of aryl methyl sites for hydroxylation is 2. The molecule has 0 bridgehead atoms. The quantitative estimate of drug-likeness (QED) is 0.686. The molecule has 2 N–H and O–H groups in total. The molecule has 0 saturated heterocycles. The van der Waals surface area contributed by atoms with Gasteiger partial charge in [-0.3, -0.25) is 4.79 Å². The number of benzene rings is 2. The van der Waals surface area contributed by atoms with Gasteiger partial charge in [0.25, 0.3) is 0 Å². The van der Waals surface area contributed by atoms with Crippen molar-refractivity contribution < 1.29 is 4.79 Å². The molecule has 0 aliphatic rings. The van der Waals surface area contributed by atoms with E-state index in [2.05, 4.69) is 15.3 Å². The van der Waals surface area contributed by atoms with Gasteiger partial charge >= 0.3 is 0 Å². The lowest BCUT2D eigenvalue weighted by Gasteiger charge is -2.11. The molecule has 3 rings (SSSR count). The van der Waals surface area contributed by atoms with Gasteiger partial charge in [0.2, 0.25) is 5.78 Å². The summed E-state index contributed by atoms with van der Waals surface area (Å²) in [6, 6.07) is 13.3. The lowest BCUT2D eigenvalue weighted by atomic mass is 10.1. The number of ketones is 1. The number of anilines is 2. The molecule has 23 heavy (non-hydrogen) atoms. The molecule has 4 nitrogen and oxygen atoms in total. The summed E-state index contributed by atoms with van der Waals surface area (Å²) in [5, 5.41) is 3.70. The van der Waals surface area contributed by atoms with Crippen LogP contribution in [-0.4, -0.2) is 15.8 Å². The fraction of sp³-hybridized carbons (Fsp3) is 0.111. The van der Waals surface area contributed by atoms with Crippen molar-refractivity contribution in [2.24, 2.45) is 0 Å². The molecule has 0 saturated carbocycles. The third-order valence-corrected chi connectivity index (χ3v) is 3.87. The predicted octanol–water partition coefficient (Wildman–Crippen LogP) is 4.65. The lowest BCUT2D eigenvalue weighted by Crippen LogP contribution is -2.05. The zero-order valence-electron chi connectivity index (χ0n) is 12.9. The summed E-state index contributed by atoms with van der Waals surface area (Å²) in [5.74, 6) is 0.0783. The van der Waals surface area contributed by atoms with Crippen molar-refractivity contribution in [2.45, 2.75) is 13.8 Å². The van der Waals surface area contributed by atoms with Gasteiger partial charge in [0.05, 0.1) is 10.7 Å². The van der Waals surface area contributed by atoms with Crippen LogP contribution in [0.5, 0.6) is 0 Å². The molecule has 0 fully saturated rings. The van der Waals surface area contributed by atoms with Gasteiger partial charge in [0.15, 0.2) is 5.82 Å². The molecule has 0 aliphatic heterocycles. The average molecular weight is 326 g/mol. The third-order valence-electron chi connectivity index (χ3n) is 3.56. The van der Waals surface area contributed by atoms with Crippen molar-refractivity contribution in [3.63, 3.8) is 0 Å². The minimum absolute atomic E-state index is 0.217. The number of halogens is 1. The normalized spacial score (nSPS) is 10.6. The summed E-state index contributed by atoms with van der Waals surface area (Å²) in [6.07, 6.45) is 1.69. The van der Waals surface area contributed by atoms with E-state index < -0.39 is 0 Å². The molecule has 1 heterocycles. The number of para-hydroxylation sites is 1. The lowest BCUT2D eigenvalue weighted by molar-refractivity contribution is 0.103. The zero-order valence-corrected chi connectivity index (χ0v) is 13.6. The average Bonchev–Trinajstić information content (AvgIpc) is 2.96. The fourth-order valence-corrected chi connectivity index (χ4v) is 2.57. The Labute approximate surface area is 139 Å². The number of aromatic nitrogens is 2. The molecule has 3 aromatic rings. The highest BCUT2D eigenvalue weighted by atomic mass is 35.5. The Kier molecular flexibility index (Phi) is 4.17. The number of carbonyl (C=O) groups is 1. The molecule has 0 atom stereocenters. The van der Waals surface area contributed by atoms with E-state index in [9.17, 15) is 4.79 Å². The molecular weight excluding hydrogens is 310 g/mol. The topological polar surface area (TPSA) is 57.8 Å². The van der Waals surface area contributed by atoms with Crippen LogP contribution in [-0.2, 0) is 0 Å². The van der Waals surface area contributed by atoms with Crippen LogP contribution in [0.25, 0.3) is 0 Å². The Morgan fingerprint density at radius 3 is 2.61 bits per heavy atom. The second-order valence-corrected chi connectivity index (χ2v) is 5.76. The number of nitrogens with one attached hydrogen (secondary N) is 2. The van der Waals surface area contributed by atoms with Gasteiger partial charge in [-0.05, 0) is 43.7 Å². The van der Waals surface area contributed by atoms with Crippen LogP contribution in [0.3, 0.4) is 0 Å². The van der Waals surface area contributed by atoms with Gasteiger partial charge in [-0.25, -0.2) is 4.98 Å². The highest BCUT2D eigenvalue weighted by molar-refractivity contribution is 6.35. The molecule has 5 heteroatoms. The smallest absolute Gasteiger partial charge is 0.229 e. The number of H-pyrrole nitrogens is 1. The first-order chi connectivity index (χ1) is 11.0. The van der Waals surface area contributed by atoms with Crippen LogP contribution in [0.4, 0.5) is 11.4 Å². The van der Waals surface area contributed by atoms with E-state index in [1.54, 1.807) is 18.3 Å². The van der Waals surface area contributed by atoms with Crippen molar-refractivity contribution in [3.05, 3.63) is 76.3 Å². The molecule has 0 amide bonds. The van der Waals surface area contributed by atoms with Crippen molar-refractivity contribution in [1.82, 2.24) is 9.97 Å². The maximum absolute atomic E-state index is 12.4. The minimum atomic E-state index is -0.217. The zero-order chi connectivity index (χ0) is 16.4.